The first-order chi connectivity index (χ1) is 10.7. The van der Waals surface area contributed by atoms with Gasteiger partial charge in [0.15, 0.2) is 0 Å². The van der Waals surface area contributed by atoms with Crippen molar-refractivity contribution in [3.63, 3.8) is 0 Å². The van der Waals surface area contributed by atoms with Crippen LogP contribution in [0.25, 0.3) is 32.9 Å². The smallest absolute Gasteiger partial charge is 0.0803 e. The van der Waals surface area contributed by atoms with Gasteiger partial charge in [-0.25, -0.2) is 4.98 Å². The predicted molar refractivity (Wildman–Crippen MR) is 97.4 cm³/mol. The van der Waals surface area contributed by atoms with E-state index in [1.54, 1.807) is 0 Å². The SMILES string of the molecule is Clc1cc(Br)ccc1-c1nc2ccccc2c2ccccc12. The van der Waals surface area contributed by atoms with Crippen LogP contribution in [0.4, 0.5) is 0 Å². The van der Waals surface area contributed by atoms with Crippen LogP contribution >= 0.6 is 27.5 Å². The van der Waals surface area contributed by atoms with Gasteiger partial charge in [-0.3, -0.25) is 0 Å². The number of fused-ring (bicyclic) bond motifs is 3. The molecular formula is C19H11BrClN. The Morgan fingerprint density at radius 2 is 1.45 bits per heavy atom. The summed E-state index contributed by atoms with van der Waals surface area (Å²) in [7, 11) is 0. The standard InChI is InChI=1S/C19H11BrClN/c20-12-9-10-16(17(21)11-12)19-15-7-2-1-5-13(15)14-6-3-4-8-18(14)22-19/h1-11H. The van der Waals surface area contributed by atoms with Crippen molar-refractivity contribution in [3.05, 3.63) is 76.2 Å². The number of nitrogens with zero attached hydrogens (tertiary/aromatic N) is 1. The zero-order valence-corrected chi connectivity index (χ0v) is 13.9. The number of benzene rings is 3. The molecule has 0 spiro atoms. The highest BCUT2D eigenvalue weighted by atomic mass is 79.9. The number of halogens is 2. The summed E-state index contributed by atoms with van der Waals surface area (Å²) in [5.41, 5.74) is 2.86. The topological polar surface area (TPSA) is 12.9 Å². The molecule has 4 rings (SSSR count). The first kappa shape index (κ1) is 13.7. The lowest BCUT2D eigenvalue weighted by atomic mass is 10.00. The zero-order valence-electron chi connectivity index (χ0n) is 11.6. The van der Waals surface area contributed by atoms with Crippen LogP contribution in [0, 0.1) is 0 Å². The fraction of sp³-hybridized carbons (Fsp3) is 0. The molecule has 1 heterocycles. The van der Waals surface area contributed by atoms with Crippen molar-refractivity contribution in [2.45, 2.75) is 0 Å². The Morgan fingerprint density at radius 3 is 2.23 bits per heavy atom. The lowest BCUT2D eigenvalue weighted by molar-refractivity contribution is 1.42. The lowest BCUT2D eigenvalue weighted by Gasteiger charge is -2.11. The summed E-state index contributed by atoms with van der Waals surface area (Å²) in [6, 6.07) is 22.4. The summed E-state index contributed by atoms with van der Waals surface area (Å²) in [5.74, 6) is 0. The minimum Gasteiger partial charge on any atom is -0.247 e. The van der Waals surface area contributed by atoms with Crippen molar-refractivity contribution >= 4 is 49.2 Å². The Labute approximate surface area is 141 Å². The van der Waals surface area contributed by atoms with Crippen molar-refractivity contribution in [1.82, 2.24) is 4.98 Å². The monoisotopic (exact) mass is 367 g/mol. The molecule has 22 heavy (non-hydrogen) atoms. The molecule has 0 radical (unpaired) electrons. The molecule has 4 aromatic rings. The van der Waals surface area contributed by atoms with Crippen LogP contribution in [-0.2, 0) is 0 Å². The maximum atomic E-state index is 6.45. The molecule has 0 aliphatic heterocycles. The van der Waals surface area contributed by atoms with Crippen LogP contribution in [0.1, 0.15) is 0 Å². The Hall–Kier alpha value is -1.90. The maximum Gasteiger partial charge on any atom is 0.0803 e. The third kappa shape index (κ3) is 2.20. The maximum absolute atomic E-state index is 6.45. The largest absolute Gasteiger partial charge is 0.247 e. The van der Waals surface area contributed by atoms with Gasteiger partial charge in [0, 0.05) is 20.8 Å². The second-order valence-corrected chi connectivity index (χ2v) is 6.47. The summed E-state index contributed by atoms with van der Waals surface area (Å²) in [6.07, 6.45) is 0. The molecule has 0 bridgehead atoms. The number of para-hydroxylation sites is 1. The Kier molecular flexibility index (Phi) is 3.36. The molecule has 0 fully saturated rings. The van der Waals surface area contributed by atoms with Crippen LogP contribution in [0.15, 0.2) is 71.2 Å². The van der Waals surface area contributed by atoms with Gasteiger partial charge >= 0.3 is 0 Å². The van der Waals surface area contributed by atoms with Crippen molar-refractivity contribution < 1.29 is 0 Å². The molecule has 106 valence electrons. The third-order valence-electron chi connectivity index (χ3n) is 3.79. The molecule has 3 heteroatoms. The number of hydrogen-bond donors (Lipinski definition) is 0. The highest BCUT2D eigenvalue weighted by molar-refractivity contribution is 9.10. The van der Waals surface area contributed by atoms with Gasteiger partial charge in [0.1, 0.15) is 0 Å². The van der Waals surface area contributed by atoms with Crippen LogP contribution in [-0.4, -0.2) is 4.98 Å². The summed E-state index contributed by atoms with van der Waals surface area (Å²) in [5, 5.41) is 4.17. The Bertz CT molecular complexity index is 1010. The van der Waals surface area contributed by atoms with Crippen LogP contribution in [0.5, 0.6) is 0 Å². The number of rotatable bonds is 1. The van der Waals surface area contributed by atoms with Gasteiger partial charge in [-0.15, -0.1) is 0 Å². The molecule has 0 aliphatic carbocycles. The molecule has 0 saturated carbocycles. The zero-order chi connectivity index (χ0) is 15.1. The highest BCUT2D eigenvalue weighted by Crippen LogP contribution is 2.36. The van der Waals surface area contributed by atoms with Gasteiger partial charge in [0.2, 0.25) is 0 Å². The van der Waals surface area contributed by atoms with Crippen molar-refractivity contribution in [3.8, 4) is 11.3 Å². The average molecular weight is 369 g/mol. The highest BCUT2D eigenvalue weighted by Gasteiger charge is 2.12. The summed E-state index contributed by atoms with van der Waals surface area (Å²) >= 11 is 9.90. The van der Waals surface area contributed by atoms with Gasteiger partial charge < -0.3 is 0 Å². The van der Waals surface area contributed by atoms with E-state index >= 15 is 0 Å². The molecule has 0 saturated heterocycles. The van der Waals surface area contributed by atoms with Crippen LogP contribution < -0.4 is 0 Å². The van der Waals surface area contributed by atoms with E-state index < -0.39 is 0 Å². The first-order valence-electron chi connectivity index (χ1n) is 6.97. The molecule has 1 nitrogen and oxygen atoms in total. The Morgan fingerprint density at radius 1 is 0.773 bits per heavy atom. The quantitative estimate of drug-likeness (QED) is 0.351. The summed E-state index contributed by atoms with van der Waals surface area (Å²) < 4.78 is 0.964. The average Bonchev–Trinajstić information content (AvgIpc) is 2.54. The number of pyridine rings is 1. The summed E-state index contributed by atoms with van der Waals surface area (Å²) in [6.45, 7) is 0. The van der Waals surface area contributed by atoms with E-state index in [0.29, 0.717) is 5.02 Å². The first-order valence-corrected chi connectivity index (χ1v) is 8.14. The van der Waals surface area contributed by atoms with Gasteiger partial charge in [0.25, 0.3) is 0 Å². The van der Waals surface area contributed by atoms with Crippen LogP contribution in [0.2, 0.25) is 5.02 Å². The van der Waals surface area contributed by atoms with E-state index in [1.165, 1.54) is 5.39 Å². The number of aromatic nitrogens is 1. The third-order valence-corrected chi connectivity index (χ3v) is 4.60. The molecule has 0 atom stereocenters. The lowest BCUT2D eigenvalue weighted by Crippen LogP contribution is -1.90. The molecule has 0 unspecified atom stereocenters. The van der Waals surface area contributed by atoms with Crippen molar-refractivity contribution in [1.29, 1.82) is 0 Å². The van der Waals surface area contributed by atoms with Gasteiger partial charge in [-0.2, -0.15) is 0 Å². The molecule has 1 aromatic heterocycles. The van der Waals surface area contributed by atoms with E-state index in [4.69, 9.17) is 16.6 Å². The van der Waals surface area contributed by atoms with Gasteiger partial charge in [-0.1, -0.05) is 76.1 Å². The van der Waals surface area contributed by atoms with Crippen LogP contribution in [0.3, 0.4) is 0 Å². The van der Waals surface area contributed by atoms with E-state index in [2.05, 4.69) is 40.2 Å². The normalized spacial score (nSPS) is 11.2. The minimum absolute atomic E-state index is 0.697. The van der Waals surface area contributed by atoms with E-state index in [-0.39, 0.29) is 0 Å². The molecule has 3 aromatic carbocycles. The van der Waals surface area contributed by atoms with Crippen molar-refractivity contribution in [2.24, 2.45) is 0 Å². The second kappa shape index (κ2) is 5.38. The van der Waals surface area contributed by atoms with E-state index in [0.717, 1.165) is 32.0 Å². The van der Waals surface area contributed by atoms with Gasteiger partial charge in [-0.05, 0) is 23.6 Å². The predicted octanol–water partition coefficient (Wildman–Crippen LogP) is 6.47. The molecule has 0 N–H and O–H groups in total. The van der Waals surface area contributed by atoms with Crippen molar-refractivity contribution in [2.75, 3.05) is 0 Å². The molecular weight excluding hydrogens is 358 g/mol. The number of hydrogen-bond acceptors (Lipinski definition) is 1. The fourth-order valence-electron chi connectivity index (χ4n) is 2.79. The molecule has 0 amide bonds. The summed E-state index contributed by atoms with van der Waals surface area (Å²) in [4.78, 5) is 4.86. The Balaban J connectivity index is 2.16. The van der Waals surface area contributed by atoms with E-state index in [9.17, 15) is 0 Å². The fourth-order valence-corrected chi connectivity index (χ4v) is 3.55. The minimum atomic E-state index is 0.697. The van der Waals surface area contributed by atoms with E-state index in [1.807, 2.05) is 42.5 Å². The molecule has 0 aliphatic rings. The second-order valence-electron chi connectivity index (χ2n) is 5.15. The van der Waals surface area contributed by atoms with Gasteiger partial charge in [0.05, 0.1) is 16.2 Å².